The van der Waals surface area contributed by atoms with Crippen molar-refractivity contribution in [2.24, 2.45) is 0 Å². The lowest BCUT2D eigenvalue weighted by atomic mass is 10.1. The molecule has 31 heavy (non-hydrogen) atoms. The van der Waals surface area contributed by atoms with E-state index in [-0.39, 0.29) is 24.2 Å². The Labute approximate surface area is 184 Å². The molecule has 0 bridgehead atoms. The van der Waals surface area contributed by atoms with Gasteiger partial charge >= 0.3 is 0 Å². The second-order valence-electron chi connectivity index (χ2n) is 7.62. The first-order valence-corrected chi connectivity index (χ1v) is 12.6. The fourth-order valence-corrected chi connectivity index (χ4v) is 4.54. The number of para-hydroxylation sites is 2. The van der Waals surface area contributed by atoms with E-state index >= 15 is 0 Å². The maximum absolute atomic E-state index is 12.9. The Bertz CT molecular complexity index is 1120. The van der Waals surface area contributed by atoms with Crippen LogP contribution in [-0.4, -0.2) is 54.7 Å². The molecule has 2 aromatic carbocycles. The van der Waals surface area contributed by atoms with Crippen molar-refractivity contribution < 1.29 is 13.2 Å². The highest BCUT2D eigenvalue weighted by atomic mass is 32.2. The topological polar surface area (TPSA) is 84.3 Å². The number of benzene rings is 2. The molecule has 1 amide bonds. The van der Waals surface area contributed by atoms with E-state index in [1.54, 1.807) is 4.57 Å². The summed E-state index contributed by atoms with van der Waals surface area (Å²) in [6.45, 7) is 6.45. The van der Waals surface area contributed by atoms with Gasteiger partial charge in [-0.15, -0.1) is 0 Å². The predicted molar refractivity (Wildman–Crippen MR) is 123 cm³/mol. The van der Waals surface area contributed by atoms with Gasteiger partial charge in [-0.3, -0.25) is 9.69 Å². The van der Waals surface area contributed by atoms with Crippen molar-refractivity contribution in [1.82, 2.24) is 19.8 Å². The number of carbonyl (C=O) groups excluding carboxylic acids is 1. The van der Waals surface area contributed by atoms with Gasteiger partial charge in [0.2, 0.25) is 5.91 Å². The standard InChI is InChI=1S/C23H30N4O3S/c1-4-26(5-2)21(18-11-7-6-8-12-18)15-24-23(28)16-27-20-14-10-9-13-19(20)25-22(27)17-31(3,29)30/h6-14,21H,4-5,15-17H2,1-3H3,(H,24,28). The van der Waals surface area contributed by atoms with Gasteiger partial charge in [0.1, 0.15) is 18.1 Å². The number of likely N-dealkylation sites (N-methyl/N-ethyl adjacent to an activating group) is 1. The second kappa shape index (κ2) is 10.1. The number of hydrogen-bond acceptors (Lipinski definition) is 5. The molecule has 0 saturated carbocycles. The summed E-state index contributed by atoms with van der Waals surface area (Å²) >= 11 is 0. The van der Waals surface area contributed by atoms with Crippen molar-refractivity contribution in [2.75, 3.05) is 25.9 Å². The van der Waals surface area contributed by atoms with E-state index in [4.69, 9.17) is 0 Å². The average molecular weight is 443 g/mol. The highest BCUT2D eigenvalue weighted by Crippen LogP contribution is 2.20. The zero-order chi connectivity index (χ0) is 22.4. The van der Waals surface area contributed by atoms with Crippen molar-refractivity contribution >= 4 is 26.8 Å². The van der Waals surface area contributed by atoms with Crippen LogP contribution in [0, 0.1) is 0 Å². The molecule has 7 nitrogen and oxygen atoms in total. The maximum Gasteiger partial charge on any atom is 0.240 e. The van der Waals surface area contributed by atoms with Crippen LogP contribution in [-0.2, 0) is 26.9 Å². The van der Waals surface area contributed by atoms with E-state index in [1.165, 1.54) is 6.26 Å². The smallest absolute Gasteiger partial charge is 0.240 e. The van der Waals surface area contributed by atoms with Crippen molar-refractivity contribution in [3.05, 3.63) is 66.0 Å². The first-order chi connectivity index (χ1) is 14.8. The Morgan fingerprint density at radius 3 is 2.35 bits per heavy atom. The van der Waals surface area contributed by atoms with E-state index in [9.17, 15) is 13.2 Å². The van der Waals surface area contributed by atoms with Crippen LogP contribution in [0.2, 0.25) is 0 Å². The number of amides is 1. The van der Waals surface area contributed by atoms with Crippen LogP contribution in [0.3, 0.4) is 0 Å². The van der Waals surface area contributed by atoms with E-state index in [0.29, 0.717) is 17.9 Å². The quantitative estimate of drug-likeness (QED) is 0.522. The number of sulfone groups is 1. The Morgan fingerprint density at radius 1 is 1.06 bits per heavy atom. The van der Waals surface area contributed by atoms with Gasteiger partial charge in [0.25, 0.3) is 0 Å². The Kier molecular flexibility index (Phi) is 7.46. The third-order valence-corrected chi connectivity index (χ3v) is 6.14. The first-order valence-electron chi connectivity index (χ1n) is 10.5. The molecule has 0 fully saturated rings. The van der Waals surface area contributed by atoms with Crippen LogP contribution >= 0.6 is 0 Å². The van der Waals surface area contributed by atoms with Crippen LogP contribution in [0.15, 0.2) is 54.6 Å². The number of fused-ring (bicyclic) bond motifs is 1. The Morgan fingerprint density at radius 2 is 1.71 bits per heavy atom. The monoisotopic (exact) mass is 442 g/mol. The molecule has 1 N–H and O–H groups in total. The lowest BCUT2D eigenvalue weighted by molar-refractivity contribution is -0.121. The van der Waals surface area contributed by atoms with Crippen LogP contribution in [0.4, 0.5) is 0 Å². The summed E-state index contributed by atoms with van der Waals surface area (Å²) in [4.78, 5) is 19.6. The van der Waals surface area contributed by atoms with Gasteiger partial charge in [-0.2, -0.15) is 0 Å². The number of nitrogens with one attached hydrogen (secondary N) is 1. The molecule has 1 unspecified atom stereocenters. The van der Waals surface area contributed by atoms with Gasteiger partial charge in [0, 0.05) is 12.8 Å². The molecule has 0 aliphatic heterocycles. The number of nitrogens with zero attached hydrogens (tertiary/aromatic N) is 3. The molecule has 3 rings (SSSR count). The Balaban J connectivity index is 1.79. The average Bonchev–Trinajstić information content (AvgIpc) is 3.07. The zero-order valence-corrected chi connectivity index (χ0v) is 19.1. The van der Waals surface area contributed by atoms with Crippen LogP contribution < -0.4 is 5.32 Å². The molecule has 1 heterocycles. The third-order valence-electron chi connectivity index (χ3n) is 5.36. The molecule has 0 radical (unpaired) electrons. The summed E-state index contributed by atoms with van der Waals surface area (Å²) in [5, 5.41) is 3.04. The second-order valence-corrected chi connectivity index (χ2v) is 9.76. The fourth-order valence-electron chi connectivity index (χ4n) is 3.85. The summed E-state index contributed by atoms with van der Waals surface area (Å²) in [5.41, 5.74) is 2.58. The molecular formula is C23H30N4O3S. The molecular weight excluding hydrogens is 412 g/mol. The van der Waals surface area contributed by atoms with Crippen LogP contribution in [0.5, 0.6) is 0 Å². The molecule has 1 aromatic heterocycles. The van der Waals surface area contributed by atoms with Crippen LogP contribution in [0.1, 0.15) is 31.3 Å². The van der Waals surface area contributed by atoms with Crippen molar-refractivity contribution in [3.8, 4) is 0 Å². The summed E-state index contributed by atoms with van der Waals surface area (Å²) in [6.07, 6.45) is 1.17. The van der Waals surface area contributed by atoms with Crippen molar-refractivity contribution in [1.29, 1.82) is 0 Å². The normalized spacial score (nSPS) is 12.9. The molecule has 0 spiro atoms. The lowest BCUT2D eigenvalue weighted by Crippen LogP contribution is -2.39. The summed E-state index contributed by atoms with van der Waals surface area (Å²) in [7, 11) is -3.28. The summed E-state index contributed by atoms with van der Waals surface area (Å²) < 4.78 is 25.4. The van der Waals surface area contributed by atoms with E-state index in [1.807, 2.05) is 42.5 Å². The molecule has 166 valence electrons. The molecule has 0 aliphatic carbocycles. The number of imidazole rings is 1. The van der Waals surface area contributed by atoms with Gasteiger partial charge in [-0.05, 0) is 30.8 Å². The molecule has 8 heteroatoms. The molecule has 0 saturated heterocycles. The minimum absolute atomic E-state index is 0.0190. The lowest BCUT2D eigenvalue weighted by Gasteiger charge is -2.30. The van der Waals surface area contributed by atoms with Crippen LogP contribution in [0.25, 0.3) is 11.0 Å². The van der Waals surface area contributed by atoms with Gasteiger partial charge in [0.05, 0.1) is 17.1 Å². The number of carbonyl (C=O) groups is 1. The van der Waals surface area contributed by atoms with Gasteiger partial charge in [-0.1, -0.05) is 56.3 Å². The largest absolute Gasteiger partial charge is 0.353 e. The molecule has 0 aliphatic rings. The van der Waals surface area contributed by atoms with E-state index in [0.717, 1.165) is 24.2 Å². The summed E-state index contributed by atoms with van der Waals surface area (Å²) in [6, 6.07) is 17.6. The highest BCUT2D eigenvalue weighted by Gasteiger charge is 2.20. The summed E-state index contributed by atoms with van der Waals surface area (Å²) in [5.74, 6) is -0.00526. The number of rotatable bonds is 10. The predicted octanol–water partition coefficient (Wildman–Crippen LogP) is 2.78. The number of hydrogen-bond donors (Lipinski definition) is 1. The van der Waals surface area contributed by atoms with Crippen molar-refractivity contribution in [2.45, 2.75) is 32.2 Å². The van der Waals surface area contributed by atoms with Crippen molar-refractivity contribution in [3.63, 3.8) is 0 Å². The number of aromatic nitrogens is 2. The van der Waals surface area contributed by atoms with Gasteiger partial charge in [0.15, 0.2) is 9.84 Å². The van der Waals surface area contributed by atoms with E-state index in [2.05, 4.69) is 41.2 Å². The van der Waals surface area contributed by atoms with Gasteiger partial charge in [-0.25, -0.2) is 13.4 Å². The fraction of sp³-hybridized carbons (Fsp3) is 0.391. The Hall–Kier alpha value is -2.71. The minimum Gasteiger partial charge on any atom is -0.353 e. The first kappa shape index (κ1) is 23.0. The maximum atomic E-state index is 12.9. The third kappa shape index (κ3) is 5.92. The SMILES string of the molecule is CCN(CC)C(CNC(=O)Cn1c(CS(C)(=O)=O)nc2ccccc21)c1ccccc1. The zero-order valence-electron chi connectivity index (χ0n) is 18.3. The highest BCUT2D eigenvalue weighted by molar-refractivity contribution is 7.89. The van der Waals surface area contributed by atoms with Gasteiger partial charge < -0.3 is 9.88 Å². The minimum atomic E-state index is -3.28. The molecule has 1 atom stereocenters. The van der Waals surface area contributed by atoms with E-state index < -0.39 is 9.84 Å². The molecule has 3 aromatic rings.